The number of carboxylic acid groups (broad SMARTS) is 1. The minimum absolute atomic E-state index is 0.422. The Hall–Kier alpha value is -1.65. The molecular weight excluding hydrogens is 230 g/mol. The molecule has 3 rings (SSSR count). The van der Waals surface area contributed by atoms with Crippen molar-refractivity contribution >= 4 is 11.8 Å². The Morgan fingerprint density at radius 1 is 1.33 bits per heavy atom. The number of nitrogens with zero attached hydrogens (tertiary/aromatic N) is 3. The maximum Gasteiger partial charge on any atom is 0.326 e. The van der Waals surface area contributed by atoms with Crippen LogP contribution in [0.3, 0.4) is 0 Å². The molecule has 2 aliphatic rings. The van der Waals surface area contributed by atoms with E-state index in [2.05, 4.69) is 9.97 Å². The molecule has 0 aromatic carbocycles. The number of aliphatic carboxylic acids is 1. The van der Waals surface area contributed by atoms with Crippen LogP contribution in [0.2, 0.25) is 0 Å². The molecule has 1 aliphatic carbocycles. The Balaban J connectivity index is 1.84. The first kappa shape index (κ1) is 11.4. The van der Waals surface area contributed by atoms with E-state index in [0.717, 1.165) is 37.4 Å². The number of hydrogen-bond acceptors (Lipinski definition) is 4. The van der Waals surface area contributed by atoms with Gasteiger partial charge in [-0.15, -0.1) is 0 Å². The molecule has 0 bridgehead atoms. The molecule has 1 saturated carbocycles. The highest BCUT2D eigenvalue weighted by Crippen LogP contribution is 2.35. The van der Waals surface area contributed by atoms with Crippen LogP contribution >= 0.6 is 0 Å². The first-order chi connectivity index (χ1) is 8.75. The Bertz CT molecular complexity index is 459. The lowest BCUT2D eigenvalue weighted by Crippen LogP contribution is -2.36. The molecule has 1 saturated heterocycles. The van der Waals surface area contributed by atoms with Gasteiger partial charge in [0.15, 0.2) is 0 Å². The number of anilines is 1. The van der Waals surface area contributed by atoms with Crippen molar-refractivity contribution in [3.05, 3.63) is 18.1 Å². The molecule has 5 heteroatoms. The second-order valence-corrected chi connectivity index (χ2v) is 5.09. The normalized spacial score (nSPS) is 24.0. The number of aromatic nitrogens is 2. The van der Waals surface area contributed by atoms with Crippen molar-refractivity contribution in [1.82, 2.24) is 9.97 Å². The molecule has 1 aliphatic heterocycles. The minimum atomic E-state index is -0.753. The van der Waals surface area contributed by atoms with E-state index in [1.165, 1.54) is 6.42 Å². The fourth-order valence-electron chi connectivity index (χ4n) is 2.68. The van der Waals surface area contributed by atoms with Crippen molar-refractivity contribution in [1.29, 1.82) is 0 Å². The van der Waals surface area contributed by atoms with Crippen molar-refractivity contribution in [2.75, 3.05) is 11.4 Å². The van der Waals surface area contributed by atoms with Crippen molar-refractivity contribution in [2.45, 2.75) is 44.1 Å². The summed E-state index contributed by atoms with van der Waals surface area (Å²) < 4.78 is 0. The molecule has 96 valence electrons. The van der Waals surface area contributed by atoms with Gasteiger partial charge in [0.25, 0.3) is 0 Å². The van der Waals surface area contributed by atoms with E-state index in [4.69, 9.17) is 0 Å². The van der Waals surface area contributed by atoms with Gasteiger partial charge in [-0.3, -0.25) is 0 Å². The quantitative estimate of drug-likeness (QED) is 0.882. The van der Waals surface area contributed by atoms with Crippen LogP contribution in [-0.2, 0) is 4.79 Å². The van der Waals surface area contributed by atoms with Crippen molar-refractivity contribution < 1.29 is 9.90 Å². The van der Waals surface area contributed by atoms with Crippen LogP contribution in [0.5, 0.6) is 0 Å². The van der Waals surface area contributed by atoms with E-state index < -0.39 is 12.0 Å². The molecule has 0 amide bonds. The van der Waals surface area contributed by atoms with Crippen LogP contribution in [0.25, 0.3) is 0 Å². The average Bonchev–Trinajstić information content (AvgIpc) is 2.76. The van der Waals surface area contributed by atoms with Crippen molar-refractivity contribution in [2.24, 2.45) is 0 Å². The SMILES string of the molecule is O=C(O)C1CCCN1c1ccnc(C2CCC2)n1. The third-order valence-corrected chi connectivity index (χ3v) is 3.96. The van der Waals surface area contributed by atoms with Gasteiger partial charge < -0.3 is 10.0 Å². The molecule has 1 unspecified atom stereocenters. The van der Waals surface area contributed by atoms with E-state index in [0.29, 0.717) is 12.3 Å². The molecule has 1 aromatic heterocycles. The summed E-state index contributed by atoms with van der Waals surface area (Å²) in [5.74, 6) is 1.39. The smallest absolute Gasteiger partial charge is 0.326 e. The van der Waals surface area contributed by atoms with E-state index in [9.17, 15) is 9.90 Å². The van der Waals surface area contributed by atoms with Crippen molar-refractivity contribution in [3.63, 3.8) is 0 Å². The van der Waals surface area contributed by atoms with Gasteiger partial charge in [-0.25, -0.2) is 14.8 Å². The second-order valence-electron chi connectivity index (χ2n) is 5.09. The Kier molecular flexibility index (Phi) is 2.89. The molecule has 5 nitrogen and oxygen atoms in total. The number of hydrogen-bond donors (Lipinski definition) is 1. The van der Waals surface area contributed by atoms with Gasteiger partial charge >= 0.3 is 5.97 Å². The predicted molar refractivity (Wildman–Crippen MR) is 66.6 cm³/mol. The second kappa shape index (κ2) is 4.55. The maximum atomic E-state index is 11.2. The van der Waals surface area contributed by atoms with Crippen LogP contribution in [0.4, 0.5) is 5.82 Å². The summed E-state index contributed by atoms with van der Waals surface area (Å²) in [6.07, 6.45) is 6.95. The topological polar surface area (TPSA) is 66.3 Å². The van der Waals surface area contributed by atoms with Crippen LogP contribution < -0.4 is 4.90 Å². The molecule has 2 heterocycles. The molecule has 1 atom stereocenters. The van der Waals surface area contributed by atoms with Gasteiger partial charge in [-0.2, -0.15) is 0 Å². The third-order valence-electron chi connectivity index (χ3n) is 3.96. The molecule has 0 radical (unpaired) electrons. The number of carboxylic acids is 1. The summed E-state index contributed by atoms with van der Waals surface area (Å²) in [6, 6.07) is 1.40. The summed E-state index contributed by atoms with van der Waals surface area (Å²) >= 11 is 0. The Labute approximate surface area is 106 Å². The van der Waals surface area contributed by atoms with E-state index in [1.807, 2.05) is 11.0 Å². The van der Waals surface area contributed by atoms with Gasteiger partial charge in [0.1, 0.15) is 17.7 Å². The van der Waals surface area contributed by atoms with Gasteiger partial charge in [0, 0.05) is 18.7 Å². The lowest BCUT2D eigenvalue weighted by atomic mass is 9.85. The lowest BCUT2D eigenvalue weighted by Gasteiger charge is -2.26. The summed E-state index contributed by atoms with van der Waals surface area (Å²) in [4.78, 5) is 22.0. The zero-order chi connectivity index (χ0) is 12.5. The van der Waals surface area contributed by atoms with E-state index in [-0.39, 0.29) is 0 Å². The number of rotatable bonds is 3. The molecule has 1 aromatic rings. The molecule has 2 fully saturated rings. The summed E-state index contributed by atoms with van der Waals surface area (Å²) in [6.45, 7) is 0.776. The summed E-state index contributed by atoms with van der Waals surface area (Å²) in [7, 11) is 0. The predicted octanol–water partition coefficient (Wildman–Crippen LogP) is 1.80. The highest BCUT2D eigenvalue weighted by atomic mass is 16.4. The average molecular weight is 247 g/mol. The highest BCUT2D eigenvalue weighted by Gasteiger charge is 2.32. The molecule has 1 N–H and O–H groups in total. The summed E-state index contributed by atoms with van der Waals surface area (Å²) in [5, 5.41) is 9.20. The first-order valence-electron chi connectivity index (χ1n) is 6.58. The fourth-order valence-corrected chi connectivity index (χ4v) is 2.68. The maximum absolute atomic E-state index is 11.2. The zero-order valence-corrected chi connectivity index (χ0v) is 10.2. The van der Waals surface area contributed by atoms with E-state index >= 15 is 0 Å². The van der Waals surface area contributed by atoms with Crippen LogP contribution in [0.15, 0.2) is 12.3 Å². The van der Waals surface area contributed by atoms with E-state index in [1.54, 1.807) is 6.20 Å². The van der Waals surface area contributed by atoms with Gasteiger partial charge in [-0.05, 0) is 31.7 Å². The van der Waals surface area contributed by atoms with Gasteiger partial charge in [0.2, 0.25) is 0 Å². The third kappa shape index (κ3) is 1.94. The minimum Gasteiger partial charge on any atom is -0.480 e. The monoisotopic (exact) mass is 247 g/mol. The van der Waals surface area contributed by atoms with Crippen LogP contribution in [0, 0.1) is 0 Å². The Morgan fingerprint density at radius 2 is 2.17 bits per heavy atom. The highest BCUT2D eigenvalue weighted by molar-refractivity contribution is 5.78. The standard InChI is InChI=1S/C13H17N3O2/c17-13(18)10-5-2-8-16(10)11-6-7-14-12(15-11)9-3-1-4-9/h6-7,9-10H,1-5,8H2,(H,17,18). The van der Waals surface area contributed by atoms with Crippen LogP contribution in [0.1, 0.15) is 43.8 Å². The number of carbonyl (C=O) groups is 1. The fraction of sp³-hybridized carbons (Fsp3) is 0.615. The zero-order valence-electron chi connectivity index (χ0n) is 10.2. The van der Waals surface area contributed by atoms with Gasteiger partial charge in [0.05, 0.1) is 0 Å². The first-order valence-corrected chi connectivity index (χ1v) is 6.58. The molecular formula is C13H17N3O2. The Morgan fingerprint density at radius 3 is 2.83 bits per heavy atom. The summed E-state index contributed by atoms with van der Waals surface area (Å²) in [5.41, 5.74) is 0. The lowest BCUT2D eigenvalue weighted by molar-refractivity contribution is -0.138. The largest absolute Gasteiger partial charge is 0.480 e. The molecule has 18 heavy (non-hydrogen) atoms. The van der Waals surface area contributed by atoms with Crippen molar-refractivity contribution in [3.8, 4) is 0 Å². The van der Waals surface area contributed by atoms with Crippen LogP contribution in [-0.4, -0.2) is 33.6 Å². The molecule has 0 spiro atoms. The van der Waals surface area contributed by atoms with Gasteiger partial charge in [-0.1, -0.05) is 6.42 Å².